The largest absolute Gasteiger partial charge is 0.497 e. The Hall–Kier alpha value is -2.66. The number of nitrogens with two attached hydrogens (primary N) is 1. The van der Waals surface area contributed by atoms with E-state index in [1.165, 1.54) is 0 Å². The monoisotopic (exact) mass is 281 g/mol. The summed E-state index contributed by atoms with van der Waals surface area (Å²) < 4.78 is 10.5. The van der Waals surface area contributed by atoms with E-state index in [4.69, 9.17) is 15.0 Å². The zero-order valence-electron chi connectivity index (χ0n) is 11.6. The maximum absolute atomic E-state index is 6.14. The van der Waals surface area contributed by atoms with Gasteiger partial charge in [-0.25, -0.2) is 0 Å². The molecule has 1 heterocycles. The van der Waals surface area contributed by atoms with Gasteiger partial charge in [-0.2, -0.15) is 4.98 Å². The molecule has 0 aliphatic rings. The van der Waals surface area contributed by atoms with Gasteiger partial charge >= 0.3 is 0 Å². The second kappa shape index (κ2) is 5.76. The van der Waals surface area contributed by atoms with E-state index >= 15 is 0 Å². The molecule has 0 aliphatic carbocycles. The molecule has 0 aliphatic heterocycles. The van der Waals surface area contributed by atoms with Crippen molar-refractivity contribution in [3.05, 3.63) is 66.1 Å². The van der Waals surface area contributed by atoms with Crippen molar-refractivity contribution in [3.63, 3.8) is 0 Å². The third-order valence-corrected chi connectivity index (χ3v) is 3.19. The Morgan fingerprint density at radius 1 is 1.10 bits per heavy atom. The van der Waals surface area contributed by atoms with Crippen LogP contribution in [0.2, 0.25) is 0 Å². The van der Waals surface area contributed by atoms with Crippen molar-refractivity contribution in [2.45, 2.75) is 6.04 Å². The number of hydrogen-bond donors (Lipinski definition) is 1. The molecule has 2 N–H and O–H groups in total. The first-order valence-electron chi connectivity index (χ1n) is 6.56. The number of nitrogens with zero attached hydrogens (tertiary/aromatic N) is 2. The fourth-order valence-electron chi connectivity index (χ4n) is 2.04. The van der Waals surface area contributed by atoms with Gasteiger partial charge in [-0.15, -0.1) is 0 Å². The van der Waals surface area contributed by atoms with Crippen LogP contribution in [0.4, 0.5) is 0 Å². The Bertz CT molecular complexity index is 725. The van der Waals surface area contributed by atoms with Crippen molar-refractivity contribution in [2.75, 3.05) is 7.11 Å². The molecule has 0 bridgehead atoms. The fourth-order valence-corrected chi connectivity index (χ4v) is 2.04. The van der Waals surface area contributed by atoms with Gasteiger partial charge in [0, 0.05) is 5.56 Å². The molecule has 0 saturated carbocycles. The molecule has 3 aromatic rings. The second-order valence-corrected chi connectivity index (χ2v) is 4.58. The van der Waals surface area contributed by atoms with Gasteiger partial charge < -0.3 is 15.0 Å². The predicted molar refractivity (Wildman–Crippen MR) is 78.8 cm³/mol. The smallest absolute Gasteiger partial charge is 0.248 e. The van der Waals surface area contributed by atoms with Crippen LogP contribution < -0.4 is 10.5 Å². The molecule has 1 aromatic heterocycles. The maximum atomic E-state index is 6.14. The average Bonchev–Trinajstić information content (AvgIpc) is 3.05. The highest BCUT2D eigenvalue weighted by molar-refractivity contribution is 5.56. The lowest BCUT2D eigenvalue weighted by Gasteiger charge is -2.05. The number of hydrogen-bond acceptors (Lipinski definition) is 5. The van der Waals surface area contributed by atoms with Crippen LogP contribution in [0, 0.1) is 0 Å². The minimum absolute atomic E-state index is 0.388. The van der Waals surface area contributed by atoms with Crippen molar-refractivity contribution in [1.82, 2.24) is 10.1 Å². The lowest BCUT2D eigenvalue weighted by molar-refractivity contribution is 0.367. The lowest BCUT2D eigenvalue weighted by atomic mass is 10.1. The van der Waals surface area contributed by atoms with E-state index in [-0.39, 0.29) is 0 Å². The lowest BCUT2D eigenvalue weighted by Crippen LogP contribution is -2.11. The van der Waals surface area contributed by atoms with E-state index in [0.29, 0.717) is 11.7 Å². The Morgan fingerprint density at radius 2 is 1.90 bits per heavy atom. The molecule has 3 rings (SSSR count). The molecular formula is C16H15N3O2. The van der Waals surface area contributed by atoms with Crippen LogP contribution in [0.25, 0.3) is 11.4 Å². The summed E-state index contributed by atoms with van der Waals surface area (Å²) in [6.45, 7) is 0. The number of aromatic nitrogens is 2. The minimum atomic E-state index is -0.432. The second-order valence-electron chi connectivity index (χ2n) is 4.58. The normalized spacial score (nSPS) is 12.1. The van der Waals surface area contributed by atoms with Crippen LogP contribution in [0.3, 0.4) is 0 Å². The molecule has 0 amide bonds. The van der Waals surface area contributed by atoms with E-state index in [2.05, 4.69) is 10.1 Å². The molecule has 0 fully saturated rings. The quantitative estimate of drug-likeness (QED) is 0.796. The van der Waals surface area contributed by atoms with Crippen molar-refractivity contribution < 1.29 is 9.26 Å². The number of benzene rings is 2. The molecule has 2 aromatic carbocycles. The number of methoxy groups -OCH3 is 1. The summed E-state index contributed by atoms with van der Waals surface area (Å²) in [5.74, 6) is 1.63. The summed E-state index contributed by atoms with van der Waals surface area (Å²) >= 11 is 0. The van der Waals surface area contributed by atoms with Crippen molar-refractivity contribution in [3.8, 4) is 17.1 Å². The van der Waals surface area contributed by atoms with Crippen LogP contribution in [0.15, 0.2) is 59.1 Å². The van der Waals surface area contributed by atoms with Crippen molar-refractivity contribution >= 4 is 0 Å². The van der Waals surface area contributed by atoms with Crippen LogP contribution >= 0.6 is 0 Å². The van der Waals surface area contributed by atoms with Gasteiger partial charge in [0.2, 0.25) is 11.7 Å². The highest BCUT2D eigenvalue weighted by atomic mass is 16.5. The van der Waals surface area contributed by atoms with Gasteiger partial charge in [0.05, 0.1) is 7.11 Å². The van der Waals surface area contributed by atoms with Crippen LogP contribution in [0.1, 0.15) is 17.5 Å². The van der Waals surface area contributed by atoms with E-state index < -0.39 is 6.04 Å². The van der Waals surface area contributed by atoms with Gasteiger partial charge in [0.15, 0.2) is 0 Å². The molecule has 5 nitrogen and oxygen atoms in total. The van der Waals surface area contributed by atoms with Crippen LogP contribution in [-0.4, -0.2) is 17.3 Å². The summed E-state index contributed by atoms with van der Waals surface area (Å²) in [5.41, 5.74) is 7.90. The van der Waals surface area contributed by atoms with Crippen molar-refractivity contribution in [2.24, 2.45) is 5.73 Å². The maximum Gasteiger partial charge on any atom is 0.248 e. The zero-order chi connectivity index (χ0) is 14.7. The van der Waals surface area contributed by atoms with Gasteiger partial charge in [-0.3, -0.25) is 0 Å². The molecule has 0 spiro atoms. The van der Waals surface area contributed by atoms with Gasteiger partial charge in [-0.1, -0.05) is 47.6 Å². The Labute approximate surface area is 122 Å². The number of rotatable bonds is 4. The highest BCUT2D eigenvalue weighted by Gasteiger charge is 2.17. The summed E-state index contributed by atoms with van der Waals surface area (Å²) in [6.07, 6.45) is 0. The first kappa shape index (κ1) is 13.3. The molecular weight excluding hydrogens is 266 g/mol. The average molecular weight is 281 g/mol. The van der Waals surface area contributed by atoms with E-state index in [0.717, 1.165) is 16.9 Å². The SMILES string of the molecule is COc1cccc(-c2noc(C(N)c3ccccc3)n2)c1. The zero-order valence-corrected chi connectivity index (χ0v) is 11.6. The van der Waals surface area contributed by atoms with E-state index in [1.54, 1.807) is 7.11 Å². The summed E-state index contributed by atoms with van der Waals surface area (Å²) in [4.78, 5) is 4.37. The first-order chi connectivity index (χ1) is 10.3. The number of ether oxygens (including phenoxy) is 1. The molecule has 106 valence electrons. The Kier molecular flexibility index (Phi) is 3.66. The molecule has 0 saturated heterocycles. The Balaban J connectivity index is 1.89. The first-order valence-corrected chi connectivity index (χ1v) is 6.56. The summed E-state index contributed by atoms with van der Waals surface area (Å²) in [5, 5.41) is 3.99. The molecule has 1 unspecified atom stereocenters. The van der Waals surface area contributed by atoms with E-state index in [1.807, 2.05) is 54.6 Å². The van der Waals surface area contributed by atoms with Gasteiger partial charge in [0.25, 0.3) is 0 Å². The summed E-state index contributed by atoms with van der Waals surface area (Å²) in [6, 6.07) is 16.7. The van der Waals surface area contributed by atoms with Crippen LogP contribution in [0.5, 0.6) is 5.75 Å². The van der Waals surface area contributed by atoms with E-state index in [9.17, 15) is 0 Å². The molecule has 21 heavy (non-hydrogen) atoms. The van der Waals surface area contributed by atoms with Gasteiger partial charge in [0.1, 0.15) is 11.8 Å². The highest BCUT2D eigenvalue weighted by Crippen LogP contribution is 2.24. The fraction of sp³-hybridized carbons (Fsp3) is 0.125. The molecule has 0 radical (unpaired) electrons. The topological polar surface area (TPSA) is 74.2 Å². The molecule has 1 atom stereocenters. The standard InChI is InChI=1S/C16H15N3O2/c1-20-13-9-5-8-12(10-13)15-18-16(21-19-15)14(17)11-6-3-2-4-7-11/h2-10,14H,17H2,1H3. The predicted octanol–water partition coefficient (Wildman–Crippen LogP) is 2.79. The van der Waals surface area contributed by atoms with Gasteiger partial charge in [-0.05, 0) is 17.7 Å². The Morgan fingerprint density at radius 3 is 2.67 bits per heavy atom. The van der Waals surface area contributed by atoms with Crippen molar-refractivity contribution in [1.29, 1.82) is 0 Å². The third kappa shape index (κ3) is 2.78. The summed E-state index contributed by atoms with van der Waals surface area (Å²) in [7, 11) is 1.62. The van der Waals surface area contributed by atoms with Crippen LogP contribution in [-0.2, 0) is 0 Å². The minimum Gasteiger partial charge on any atom is -0.497 e. The molecule has 5 heteroatoms. The third-order valence-electron chi connectivity index (χ3n) is 3.19.